The highest BCUT2D eigenvalue weighted by Crippen LogP contribution is 2.07. The van der Waals surface area contributed by atoms with E-state index in [1.165, 1.54) is 0 Å². The van der Waals surface area contributed by atoms with Gasteiger partial charge in [0.05, 0.1) is 6.61 Å². The van der Waals surface area contributed by atoms with Crippen molar-refractivity contribution in [3.63, 3.8) is 0 Å². The third-order valence-electron chi connectivity index (χ3n) is 1.47. The second kappa shape index (κ2) is 5.03. The van der Waals surface area contributed by atoms with Crippen molar-refractivity contribution in [3.05, 3.63) is 40.8 Å². The van der Waals surface area contributed by atoms with Crippen LogP contribution in [0.3, 0.4) is 0 Å². The summed E-state index contributed by atoms with van der Waals surface area (Å²) in [6, 6.07) is 9.25. The maximum absolute atomic E-state index is 8.79. The summed E-state index contributed by atoms with van der Waals surface area (Å²) in [5.41, 5.74) is 8.97. The Bertz CT molecular complexity index is 294. The smallest absolute Gasteiger partial charge is 0.128 e. The normalized spacial score (nSPS) is 11.5. The molecule has 0 aliphatic carbocycles. The van der Waals surface area contributed by atoms with Crippen LogP contribution < -0.4 is 5.32 Å². The molecule has 2 N–H and O–H groups in total. The first-order chi connectivity index (χ1) is 6.36. The van der Waals surface area contributed by atoms with Crippen molar-refractivity contribution in [2.75, 3.05) is 11.9 Å². The van der Waals surface area contributed by atoms with Crippen LogP contribution in [0.5, 0.6) is 0 Å². The fourth-order valence-corrected chi connectivity index (χ4v) is 0.900. The van der Waals surface area contributed by atoms with Gasteiger partial charge < -0.3 is 10.4 Å². The summed E-state index contributed by atoms with van der Waals surface area (Å²) in [6.07, 6.45) is -0.604. The topological polar surface area (TPSA) is 81.0 Å². The molecule has 0 aliphatic rings. The number of para-hydroxylation sites is 1. The highest BCUT2D eigenvalue weighted by atomic mass is 16.3. The van der Waals surface area contributed by atoms with Crippen molar-refractivity contribution in [1.29, 1.82) is 0 Å². The zero-order chi connectivity index (χ0) is 9.52. The van der Waals surface area contributed by atoms with Crippen LogP contribution >= 0.6 is 0 Å². The molecule has 0 aromatic heterocycles. The second-order valence-electron chi connectivity index (χ2n) is 2.41. The fraction of sp³-hybridized carbons (Fsp3) is 0.250. The molecule has 5 heteroatoms. The van der Waals surface area contributed by atoms with Crippen molar-refractivity contribution in [3.8, 4) is 0 Å². The SMILES string of the molecule is [N-]=[N+]=NC(CO)Nc1ccccc1. The van der Waals surface area contributed by atoms with Gasteiger partial charge in [-0.2, -0.15) is 0 Å². The zero-order valence-corrected chi connectivity index (χ0v) is 6.96. The predicted molar refractivity (Wildman–Crippen MR) is 50.1 cm³/mol. The van der Waals surface area contributed by atoms with Gasteiger partial charge in [0.15, 0.2) is 0 Å². The lowest BCUT2D eigenvalue weighted by Gasteiger charge is -2.10. The first-order valence-electron chi connectivity index (χ1n) is 3.83. The standard InChI is InChI=1S/C8H10N4O/c9-12-11-8(6-13)10-7-4-2-1-3-5-7/h1-5,8,10,13H,6H2. The molecular weight excluding hydrogens is 168 g/mol. The molecule has 0 aliphatic heterocycles. The number of hydrogen-bond donors (Lipinski definition) is 2. The summed E-state index contributed by atoms with van der Waals surface area (Å²) in [4.78, 5) is 2.61. The van der Waals surface area contributed by atoms with E-state index in [1.807, 2.05) is 30.3 Å². The highest BCUT2D eigenvalue weighted by Gasteiger charge is 2.02. The molecule has 68 valence electrons. The van der Waals surface area contributed by atoms with Crippen molar-refractivity contribution in [2.45, 2.75) is 6.17 Å². The third-order valence-corrected chi connectivity index (χ3v) is 1.47. The van der Waals surface area contributed by atoms with Crippen molar-refractivity contribution in [1.82, 2.24) is 0 Å². The van der Waals surface area contributed by atoms with E-state index in [4.69, 9.17) is 10.6 Å². The molecule has 0 amide bonds. The predicted octanol–water partition coefficient (Wildman–Crippen LogP) is 1.73. The number of aliphatic hydroxyl groups excluding tert-OH is 1. The first kappa shape index (κ1) is 9.38. The fourth-order valence-electron chi connectivity index (χ4n) is 0.900. The Morgan fingerprint density at radius 1 is 1.46 bits per heavy atom. The number of rotatable bonds is 4. The van der Waals surface area contributed by atoms with Crippen LogP contribution in [0.25, 0.3) is 10.4 Å². The number of aliphatic hydroxyl groups is 1. The minimum atomic E-state index is -0.604. The number of hydrogen-bond acceptors (Lipinski definition) is 3. The maximum Gasteiger partial charge on any atom is 0.128 e. The molecule has 0 heterocycles. The van der Waals surface area contributed by atoms with Crippen LogP contribution in [0.2, 0.25) is 0 Å². The molecule has 13 heavy (non-hydrogen) atoms. The largest absolute Gasteiger partial charge is 0.394 e. The van der Waals surface area contributed by atoms with Gasteiger partial charge in [0.2, 0.25) is 0 Å². The number of anilines is 1. The van der Waals surface area contributed by atoms with E-state index in [0.717, 1.165) is 5.69 Å². The molecule has 0 bridgehead atoms. The number of nitrogens with zero attached hydrogens (tertiary/aromatic N) is 3. The summed E-state index contributed by atoms with van der Waals surface area (Å²) in [6.45, 7) is -0.223. The molecule has 0 spiro atoms. The van der Waals surface area contributed by atoms with Gasteiger partial charge in [-0.25, -0.2) is 0 Å². The van der Waals surface area contributed by atoms with E-state index in [1.54, 1.807) is 0 Å². The van der Waals surface area contributed by atoms with Gasteiger partial charge in [-0.05, 0) is 17.7 Å². The quantitative estimate of drug-likeness (QED) is 0.418. The average Bonchev–Trinajstić information content (AvgIpc) is 2.19. The number of benzene rings is 1. The van der Waals surface area contributed by atoms with Gasteiger partial charge in [-0.3, -0.25) is 0 Å². The maximum atomic E-state index is 8.79. The van der Waals surface area contributed by atoms with Crippen LogP contribution in [-0.2, 0) is 0 Å². The first-order valence-corrected chi connectivity index (χ1v) is 3.83. The highest BCUT2D eigenvalue weighted by molar-refractivity contribution is 5.43. The van der Waals surface area contributed by atoms with Crippen LogP contribution in [0.1, 0.15) is 0 Å². The summed E-state index contributed by atoms with van der Waals surface area (Å²) >= 11 is 0. The lowest BCUT2D eigenvalue weighted by Crippen LogP contribution is -2.20. The Balaban J connectivity index is 2.61. The van der Waals surface area contributed by atoms with Gasteiger partial charge >= 0.3 is 0 Å². The van der Waals surface area contributed by atoms with Crippen LogP contribution in [0.15, 0.2) is 35.4 Å². The number of nitrogens with one attached hydrogen (secondary N) is 1. The molecule has 0 saturated carbocycles. The van der Waals surface area contributed by atoms with Gasteiger partial charge in [0.1, 0.15) is 6.17 Å². The lowest BCUT2D eigenvalue weighted by molar-refractivity contribution is 0.277. The Morgan fingerprint density at radius 3 is 2.69 bits per heavy atom. The van der Waals surface area contributed by atoms with Crippen LogP contribution in [0, 0.1) is 0 Å². The summed E-state index contributed by atoms with van der Waals surface area (Å²) in [7, 11) is 0. The Hall–Kier alpha value is -1.71. The molecule has 1 rings (SSSR count). The molecule has 0 saturated heterocycles. The molecule has 0 fully saturated rings. The van der Waals surface area contributed by atoms with E-state index >= 15 is 0 Å². The lowest BCUT2D eigenvalue weighted by atomic mass is 10.3. The van der Waals surface area contributed by atoms with E-state index in [2.05, 4.69) is 15.3 Å². The van der Waals surface area contributed by atoms with Crippen molar-refractivity contribution >= 4 is 5.69 Å². The molecular formula is C8H10N4O. The summed E-state index contributed by atoms with van der Waals surface area (Å²) < 4.78 is 0. The van der Waals surface area contributed by atoms with Crippen LogP contribution in [0.4, 0.5) is 5.69 Å². The number of azide groups is 1. The molecule has 1 aromatic rings. The minimum Gasteiger partial charge on any atom is -0.394 e. The van der Waals surface area contributed by atoms with Crippen molar-refractivity contribution < 1.29 is 5.11 Å². The van der Waals surface area contributed by atoms with Gasteiger partial charge in [-0.15, -0.1) is 0 Å². The second-order valence-corrected chi connectivity index (χ2v) is 2.41. The van der Waals surface area contributed by atoms with E-state index in [0.29, 0.717) is 0 Å². The molecule has 5 nitrogen and oxygen atoms in total. The Morgan fingerprint density at radius 2 is 2.15 bits per heavy atom. The molecule has 1 aromatic carbocycles. The minimum absolute atomic E-state index is 0.223. The zero-order valence-electron chi connectivity index (χ0n) is 6.96. The third kappa shape index (κ3) is 3.02. The Kier molecular flexibility index (Phi) is 3.63. The van der Waals surface area contributed by atoms with Gasteiger partial charge in [0, 0.05) is 10.6 Å². The molecule has 0 radical (unpaired) electrons. The molecule has 1 atom stereocenters. The van der Waals surface area contributed by atoms with E-state index in [-0.39, 0.29) is 6.61 Å². The van der Waals surface area contributed by atoms with Crippen molar-refractivity contribution in [2.24, 2.45) is 5.11 Å². The van der Waals surface area contributed by atoms with Crippen LogP contribution in [-0.4, -0.2) is 17.9 Å². The monoisotopic (exact) mass is 178 g/mol. The average molecular weight is 178 g/mol. The van der Waals surface area contributed by atoms with E-state index < -0.39 is 6.17 Å². The van der Waals surface area contributed by atoms with E-state index in [9.17, 15) is 0 Å². The summed E-state index contributed by atoms with van der Waals surface area (Å²) in [5, 5.41) is 15.0. The summed E-state index contributed by atoms with van der Waals surface area (Å²) in [5.74, 6) is 0. The Labute approximate surface area is 75.6 Å². The van der Waals surface area contributed by atoms with Gasteiger partial charge in [0.25, 0.3) is 0 Å². The molecule has 1 unspecified atom stereocenters. The van der Waals surface area contributed by atoms with Gasteiger partial charge in [-0.1, -0.05) is 23.3 Å².